The van der Waals surface area contributed by atoms with Crippen molar-refractivity contribution in [3.8, 4) is 0 Å². The number of imidazole rings is 1. The number of H-pyrrole nitrogens is 1. The number of benzene rings is 1. The van der Waals surface area contributed by atoms with E-state index in [-0.39, 0.29) is 5.91 Å². The standard InChI is InChI=1S/C17H18N4O/c1-10(2)13-6-4-5-11(3)15(13)21-17(22)12-7-14-16(18-8-12)20-9-19-14/h4-10H,1-3H3,(H,21,22)(H,18,19,20). The molecule has 5 nitrogen and oxygen atoms in total. The number of hydrogen-bond donors (Lipinski definition) is 2. The van der Waals surface area contributed by atoms with Gasteiger partial charge in [-0.15, -0.1) is 0 Å². The van der Waals surface area contributed by atoms with Crippen molar-refractivity contribution in [1.82, 2.24) is 15.0 Å². The van der Waals surface area contributed by atoms with Crippen LogP contribution in [0.4, 0.5) is 5.69 Å². The number of anilines is 1. The molecule has 0 spiro atoms. The van der Waals surface area contributed by atoms with E-state index in [1.165, 1.54) is 0 Å². The summed E-state index contributed by atoms with van der Waals surface area (Å²) >= 11 is 0. The Morgan fingerprint density at radius 2 is 2.09 bits per heavy atom. The molecule has 0 fully saturated rings. The number of aryl methyl sites for hydroxylation is 1. The minimum absolute atomic E-state index is 0.166. The van der Waals surface area contributed by atoms with E-state index in [1.54, 1.807) is 18.6 Å². The molecule has 1 amide bonds. The van der Waals surface area contributed by atoms with Crippen LogP contribution in [-0.4, -0.2) is 20.9 Å². The predicted octanol–water partition coefficient (Wildman–Crippen LogP) is 3.64. The molecule has 0 saturated heterocycles. The van der Waals surface area contributed by atoms with Crippen LogP contribution in [0.15, 0.2) is 36.8 Å². The third-order valence-electron chi connectivity index (χ3n) is 3.70. The maximum atomic E-state index is 12.5. The van der Waals surface area contributed by atoms with Crippen molar-refractivity contribution in [2.45, 2.75) is 26.7 Å². The number of nitrogens with one attached hydrogen (secondary N) is 2. The second kappa shape index (κ2) is 5.60. The van der Waals surface area contributed by atoms with Crippen LogP contribution in [0.5, 0.6) is 0 Å². The van der Waals surface area contributed by atoms with Crippen LogP contribution in [-0.2, 0) is 0 Å². The van der Waals surface area contributed by atoms with E-state index >= 15 is 0 Å². The first kappa shape index (κ1) is 14.3. The predicted molar refractivity (Wildman–Crippen MR) is 87.1 cm³/mol. The lowest BCUT2D eigenvalue weighted by Gasteiger charge is -2.16. The molecule has 0 unspecified atom stereocenters. The summed E-state index contributed by atoms with van der Waals surface area (Å²) in [6.45, 7) is 6.23. The number of carbonyl (C=O) groups excluding carboxylic acids is 1. The summed E-state index contributed by atoms with van der Waals surface area (Å²) in [5, 5.41) is 3.02. The molecule has 0 aliphatic carbocycles. The highest BCUT2D eigenvalue weighted by atomic mass is 16.1. The third-order valence-corrected chi connectivity index (χ3v) is 3.70. The molecular weight excluding hydrogens is 276 g/mol. The first-order chi connectivity index (χ1) is 10.6. The highest BCUT2D eigenvalue weighted by Gasteiger charge is 2.14. The minimum atomic E-state index is -0.166. The Labute approximate surface area is 128 Å². The average molecular weight is 294 g/mol. The molecule has 2 aromatic heterocycles. The number of fused-ring (bicyclic) bond motifs is 1. The molecule has 0 atom stereocenters. The fourth-order valence-electron chi connectivity index (χ4n) is 2.48. The van der Waals surface area contributed by atoms with Gasteiger partial charge in [-0.2, -0.15) is 0 Å². The maximum absolute atomic E-state index is 12.5. The van der Waals surface area contributed by atoms with Crippen LogP contribution in [0.2, 0.25) is 0 Å². The number of carbonyl (C=O) groups is 1. The van der Waals surface area contributed by atoms with Crippen LogP contribution in [0.1, 0.15) is 41.3 Å². The highest BCUT2D eigenvalue weighted by molar-refractivity contribution is 6.06. The van der Waals surface area contributed by atoms with Gasteiger partial charge in [0, 0.05) is 11.9 Å². The molecule has 2 heterocycles. The van der Waals surface area contributed by atoms with Crippen molar-refractivity contribution in [3.63, 3.8) is 0 Å². The Kier molecular flexibility index (Phi) is 3.63. The van der Waals surface area contributed by atoms with Crippen LogP contribution < -0.4 is 5.32 Å². The van der Waals surface area contributed by atoms with Gasteiger partial charge in [0.1, 0.15) is 0 Å². The van der Waals surface area contributed by atoms with Gasteiger partial charge in [-0.1, -0.05) is 32.0 Å². The normalized spacial score (nSPS) is 11.1. The van der Waals surface area contributed by atoms with Gasteiger partial charge in [-0.3, -0.25) is 4.79 Å². The zero-order valence-electron chi connectivity index (χ0n) is 12.8. The molecule has 0 saturated carbocycles. The summed E-state index contributed by atoms with van der Waals surface area (Å²) in [4.78, 5) is 23.7. The van der Waals surface area contributed by atoms with E-state index in [0.29, 0.717) is 17.1 Å². The van der Waals surface area contributed by atoms with Crippen LogP contribution in [0.25, 0.3) is 11.2 Å². The number of para-hydroxylation sites is 1. The fourth-order valence-corrected chi connectivity index (χ4v) is 2.48. The smallest absolute Gasteiger partial charge is 0.257 e. The summed E-state index contributed by atoms with van der Waals surface area (Å²) in [5.41, 5.74) is 4.93. The van der Waals surface area contributed by atoms with Gasteiger partial charge in [0.25, 0.3) is 5.91 Å². The lowest BCUT2D eigenvalue weighted by molar-refractivity contribution is 0.102. The zero-order valence-corrected chi connectivity index (χ0v) is 12.8. The highest BCUT2D eigenvalue weighted by Crippen LogP contribution is 2.27. The van der Waals surface area contributed by atoms with Crippen molar-refractivity contribution in [2.24, 2.45) is 0 Å². The Morgan fingerprint density at radius 1 is 1.27 bits per heavy atom. The molecule has 3 aromatic rings. The van der Waals surface area contributed by atoms with Gasteiger partial charge in [-0.25, -0.2) is 9.97 Å². The maximum Gasteiger partial charge on any atom is 0.257 e. The summed E-state index contributed by atoms with van der Waals surface area (Å²) in [6, 6.07) is 7.82. The Bertz CT molecular complexity index is 836. The Hall–Kier alpha value is -2.69. The fraction of sp³-hybridized carbons (Fsp3) is 0.235. The average Bonchev–Trinajstić information content (AvgIpc) is 2.96. The van der Waals surface area contributed by atoms with Gasteiger partial charge in [0.15, 0.2) is 5.65 Å². The van der Waals surface area contributed by atoms with Gasteiger partial charge in [0.05, 0.1) is 17.4 Å². The van der Waals surface area contributed by atoms with Crippen LogP contribution >= 0.6 is 0 Å². The van der Waals surface area contributed by atoms with E-state index in [9.17, 15) is 4.79 Å². The number of rotatable bonds is 3. The molecule has 0 radical (unpaired) electrons. The van der Waals surface area contributed by atoms with Gasteiger partial charge in [0.2, 0.25) is 0 Å². The van der Waals surface area contributed by atoms with Crippen molar-refractivity contribution >= 4 is 22.8 Å². The van der Waals surface area contributed by atoms with E-state index in [0.717, 1.165) is 22.3 Å². The first-order valence-corrected chi connectivity index (χ1v) is 7.26. The number of amides is 1. The van der Waals surface area contributed by atoms with Crippen molar-refractivity contribution in [3.05, 3.63) is 53.5 Å². The summed E-state index contributed by atoms with van der Waals surface area (Å²) < 4.78 is 0. The molecule has 0 bridgehead atoms. The summed E-state index contributed by atoms with van der Waals surface area (Å²) in [5.74, 6) is 0.170. The van der Waals surface area contributed by atoms with Gasteiger partial charge in [-0.05, 0) is 30.0 Å². The SMILES string of the molecule is Cc1cccc(C(C)C)c1NC(=O)c1cnc2nc[nH]c2c1. The molecule has 2 N–H and O–H groups in total. The zero-order chi connectivity index (χ0) is 15.7. The largest absolute Gasteiger partial charge is 0.343 e. The van der Waals surface area contributed by atoms with Crippen LogP contribution in [0.3, 0.4) is 0 Å². The topological polar surface area (TPSA) is 70.7 Å². The quantitative estimate of drug-likeness (QED) is 0.774. The monoisotopic (exact) mass is 294 g/mol. The number of pyridine rings is 1. The summed E-state index contributed by atoms with van der Waals surface area (Å²) in [7, 11) is 0. The second-order valence-electron chi connectivity index (χ2n) is 5.65. The summed E-state index contributed by atoms with van der Waals surface area (Å²) in [6.07, 6.45) is 3.11. The molecule has 5 heteroatoms. The van der Waals surface area contributed by atoms with E-state index in [2.05, 4.69) is 34.1 Å². The molecule has 1 aromatic carbocycles. The number of aromatic nitrogens is 3. The van der Waals surface area contributed by atoms with Gasteiger partial charge >= 0.3 is 0 Å². The van der Waals surface area contributed by atoms with Crippen molar-refractivity contribution in [1.29, 1.82) is 0 Å². The molecule has 3 rings (SSSR count). The minimum Gasteiger partial charge on any atom is -0.343 e. The third kappa shape index (κ3) is 2.57. The Morgan fingerprint density at radius 3 is 2.86 bits per heavy atom. The van der Waals surface area contributed by atoms with Crippen molar-refractivity contribution in [2.75, 3.05) is 5.32 Å². The second-order valence-corrected chi connectivity index (χ2v) is 5.65. The number of hydrogen-bond acceptors (Lipinski definition) is 3. The molecular formula is C17H18N4O. The Balaban J connectivity index is 1.94. The molecule has 0 aliphatic heterocycles. The lowest BCUT2D eigenvalue weighted by atomic mass is 9.98. The number of aromatic amines is 1. The molecule has 0 aliphatic rings. The van der Waals surface area contributed by atoms with Crippen LogP contribution in [0, 0.1) is 6.92 Å². The van der Waals surface area contributed by atoms with E-state index < -0.39 is 0 Å². The van der Waals surface area contributed by atoms with Gasteiger partial charge < -0.3 is 10.3 Å². The number of nitrogens with zero attached hydrogens (tertiary/aromatic N) is 2. The molecule has 22 heavy (non-hydrogen) atoms. The molecule has 112 valence electrons. The van der Waals surface area contributed by atoms with E-state index in [4.69, 9.17) is 0 Å². The first-order valence-electron chi connectivity index (χ1n) is 7.26. The lowest BCUT2D eigenvalue weighted by Crippen LogP contribution is -2.15. The van der Waals surface area contributed by atoms with Crippen molar-refractivity contribution < 1.29 is 4.79 Å². The van der Waals surface area contributed by atoms with E-state index in [1.807, 2.05) is 25.1 Å².